The van der Waals surface area contributed by atoms with Crippen LogP contribution in [0.5, 0.6) is 0 Å². The van der Waals surface area contributed by atoms with Gasteiger partial charge in [-0.25, -0.2) is 0 Å². The third-order valence-corrected chi connectivity index (χ3v) is 4.31. The smallest absolute Gasteiger partial charge is 0.242 e. The fourth-order valence-corrected chi connectivity index (χ4v) is 2.60. The number of carbonyl (C=O) groups is 2. The summed E-state index contributed by atoms with van der Waals surface area (Å²) in [6.45, 7) is 7.72. The number of carbonyl (C=O) groups excluding carboxylic acids is 2. The third-order valence-electron chi connectivity index (χ3n) is 4.31. The van der Waals surface area contributed by atoms with Crippen LogP contribution in [-0.2, 0) is 9.59 Å². The van der Waals surface area contributed by atoms with Gasteiger partial charge in [-0.3, -0.25) is 9.59 Å². The molecule has 0 bridgehead atoms. The molecule has 0 spiro atoms. The Labute approximate surface area is 127 Å². The molecule has 0 heterocycles. The molecule has 1 unspecified atom stereocenters. The topological polar surface area (TPSA) is 78.4 Å². The molecule has 0 aliphatic heterocycles. The highest BCUT2D eigenvalue weighted by Gasteiger charge is 2.32. The number of nitrogens with one attached hydrogen (secondary N) is 2. The maximum atomic E-state index is 12.1. The van der Waals surface area contributed by atoms with Gasteiger partial charge in [-0.15, -0.1) is 0 Å². The van der Waals surface area contributed by atoms with Gasteiger partial charge in [0.15, 0.2) is 0 Å². The SMILES string of the molecule is CC(NC(=O)C(C)(C)C)C(=O)NCC1(CO)CCCCC1. The molecule has 3 N–H and O–H groups in total. The van der Waals surface area contributed by atoms with E-state index in [1.165, 1.54) is 6.42 Å². The minimum atomic E-state index is -0.559. The summed E-state index contributed by atoms with van der Waals surface area (Å²) in [7, 11) is 0. The van der Waals surface area contributed by atoms with Gasteiger partial charge < -0.3 is 15.7 Å². The summed E-state index contributed by atoms with van der Waals surface area (Å²) in [4.78, 5) is 24.0. The Balaban J connectivity index is 2.47. The highest BCUT2D eigenvalue weighted by molar-refractivity contribution is 5.89. The summed E-state index contributed by atoms with van der Waals surface area (Å²) in [6, 6.07) is -0.559. The van der Waals surface area contributed by atoms with Gasteiger partial charge >= 0.3 is 0 Å². The van der Waals surface area contributed by atoms with E-state index in [4.69, 9.17) is 0 Å². The van der Waals surface area contributed by atoms with Crippen LogP contribution in [0.15, 0.2) is 0 Å². The molecule has 1 atom stereocenters. The van der Waals surface area contributed by atoms with Crippen LogP contribution >= 0.6 is 0 Å². The molecule has 0 saturated heterocycles. The van der Waals surface area contributed by atoms with E-state index in [9.17, 15) is 14.7 Å². The maximum Gasteiger partial charge on any atom is 0.242 e. The molecule has 1 aliphatic carbocycles. The number of hydrogen-bond acceptors (Lipinski definition) is 3. The molecular weight excluding hydrogens is 268 g/mol. The Bertz CT molecular complexity index is 368. The van der Waals surface area contributed by atoms with Gasteiger partial charge in [-0.2, -0.15) is 0 Å². The molecule has 0 aromatic rings. The lowest BCUT2D eigenvalue weighted by Crippen LogP contribution is -2.51. The highest BCUT2D eigenvalue weighted by Crippen LogP contribution is 2.35. The van der Waals surface area contributed by atoms with Crippen molar-refractivity contribution < 1.29 is 14.7 Å². The van der Waals surface area contributed by atoms with Gasteiger partial charge in [-0.05, 0) is 19.8 Å². The number of aliphatic hydroxyl groups excluding tert-OH is 1. The zero-order valence-electron chi connectivity index (χ0n) is 13.8. The van der Waals surface area contributed by atoms with Crippen molar-refractivity contribution in [3.05, 3.63) is 0 Å². The quantitative estimate of drug-likeness (QED) is 0.721. The van der Waals surface area contributed by atoms with Gasteiger partial charge in [-0.1, -0.05) is 40.0 Å². The van der Waals surface area contributed by atoms with E-state index < -0.39 is 11.5 Å². The Kier molecular flexibility index (Phi) is 6.20. The molecular formula is C16H30N2O3. The lowest BCUT2D eigenvalue weighted by molar-refractivity contribution is -0.133. The monoisotopic (exact) mass is 298 g/mol. The van der Waals surface area contributed by atoms with Crippen molar-refractivity contribution in [3.63, 3.8) is 0 Å². The number of aliphatic hydroxyl groups is 1. The Hall–Kier alpha value is -1.10. The standard InChI is InChI=1S/C16H30N2O3/c1-12(18-14(21)15(2,3)4)13(20)17-10-16(11-19)8-6-5-7-9-16/h12,19H,5-11H2,1-4H3,(H,17,20)(H,18,21). The van der Waals surface area contributed by atoms with Crippen LogP contribution in [0.3, 0.4) is 0 Å². The number of amides is 2. The van der Waals surface area contributed by atoms with E-state index in [1.54, 1.807) is 6.92 Å². The molecule has 2 amide bonds. The second-order valence-corrected chi connectivity index (χ2v) is 7.38. The maximum absolute atomic E-state index is 12.1. The second kappa shape index (κ2) is 7.25. The zero-order valence-corrected chi connectivity index (χ0v) is 13.8. The molecule has 5 heteroatoms. The zero-order chi connectivity index (χ0) is 16.1. The summed E-state index contributed by atoms with van der Waals surface area (Å²) < 4.78 is 0. The van der Waals surface area contributed by atoms with E-state index in [-0.39, 0.29) is 23.8 Å². The van der Waals surface area contributed by atoms with Crippen molar-refractivity contribution in [3.8, 4) is 0 Å². The largest absolute Gasteiger partial charge is 0.396 e. The van der Waals surface area contributed by atoms with Crippen molar-refractivity contribution >= 4 is 11.8 Å². The first-order valence-electron chi connectivity index (χ1n) is 7.90. The molecule has 1 rings (SSSR count). The van der Waals surface area contributed by atoms with Crippen molar-refractivity contribution in [1.29, 1.82) is 0 Å². The average molecular weight is 298 g/mol. The molecule has 0 aromatic heterocycles. The van der Waals surface area contributed by atoms with Crippen molar-refractivity contribution in [2.24, 2.45) is 10.8 Å². The third kappa shape index (κ3) is 5.30. The molecule has 0 radical (unpaired) electrons. The Morgan fingerprint density at radius 1 is 1.19 bits per heavy atom. The first kappa shape index (κ1) is 18.0. The van der Waals surface area contributed by atoms with E-state index in [0.717, 1.165) is 25.7 Å². The van der Waals surface area contributed by atoms with Crippen LogP contribution in [-0.4, -0.2) is 36.1 Å². The fraction of sp³-hybridized carbons (Fsp3) is 0.875. The Morgan fingerprint density at radius 3 is 2.24 bits per heavy atom. The molecule has 1 saturated carbocycles. The van der Waals surface area contributed by atoms with Crippen molar-refractivity contribution in [2.45, 2.75) is 65.8 Å². The summed E-state index contributed by atoms with van der Waals surface area (Å²) >= 11 is 0. The predicted octanol–water partition coefficient (Wildman–Crippen LogP) is 1.60. The average Bonchev–Trinajstić information content (AvgIpc) is 2.44. The van der Waals surface area contributed by atoms with Gasteiger partial charge in [0.25, 0.3) is 0 Å². The lowest BCUT2D eigenvalue weighted by Gasteiger charge is -2.36. The minimum Gasteiger partial charge on any atom is -0.396 e. The van der Waals surface area contributed by atoms with E-state index in [1.807, 2.05) is 20.8 Å². The molecule has 5 nitrogen and oxygen atoms in total. The van der Waals surface area contributed by atoms with Gasteiger partial charge in [0.2, 0.25) is 11.8 Å². The summed E-state index contributed by atoms with van der Waals surface area (Å²) in [5.74, 6) is -0.328. The molecule has 1 aliphatic rings. The van der Waals surface area contributed by atoms with Crippen LogP contribution in [0.1, 0.15) is 59.8 Å². The van der Waals surface area contributed by atoms with Crippen LogP contribution in [0.2, 0.25) is 0 Å². The van der Waals surface area contributed by atoms with Crippen LogP contribution < -0.4 is 10.6 Å². The highest BCUT2D eigenvalue weighted by atomic mass is 16.3. The second-order valence-electron chi connectivity index (χ2n) is 7.38. The predicted molar refractivity (Wildman–Crippen MR) is 82.7 cm³/mol. The lowest BCUT2D eigenvalue weighted by atomic mass is 9.74. The first-order valence-corrected chi connectivity index (χ1v) is 7.90. The van der Waals surface area contributed by atoms with Crippen LogP contribution in [0, 0.1) is 10.8 Å². The molecule has 122 valence electrons. The van der Waals surface area contributed by atoms with Crippen LogP contribution in [0.4, 0.5) is 0 Å². The number of rotatable bonds is 5. The minimum absolute atomic E-state index is 0.107. The molecule has 21 heavy (non-hydrogen) atoms. The van der Waals surface area contributed by atoms with Gasteiger partial charge in [0.1, 0.15) is 6.04 Å². The summed E-state index contributed by atoms with van der Waals surface area (Å²) in [5, 5.41) is 15.2. The number of hydrogen-bond donors (Lipinski definition) is 3. The summed E-state index contributed by atoms with van der Waals surface area (Å²) in [5.41, 5.74) is -0.689. The van der Waals surface area contributed by atoms with Crippen molar-refractivity contribution in [2.75, 3.05) is 13.2 Å². The van der Waals surface area contributed by atoms with E-state index in [0.29, 0.717) is 6.54 Å². The van der Waals surface area contributed by atoms with E-state index >= 15 is 0 Å². The first-order chi connectivity index (χ1) is 9.70. The molecule has 1 fully saturated rings. The Morgan fingerprint density at radius 2 is 1.76 bits per heavy atom. The fourth-order valence-electron chi connectivity index (χ4n) is 2.60. The molecule has 0 aromatic carbocycles. The van der Waals surface area contributed by atoms with Crippen molar-refractivity contribution in [1.82, 2.24) is 10.6 Å². The van der Waals surface area contributed by atoms with E-state index in [2.05, 4.69) is 10.6 Å². The summed E-state index contributed by atoms with van der Waals surface area (Å²) in [6.07, 6.45) is 5.31. The normalized spacial score (nSPS) is 19.7. The van der Waals surface area contributed by atoms with Gasteiger partial charge in [0.05, 0.1) is 6.61 Å². The van der Waals surface area contributed by atoms with Gasteiger partial charge in [0, 0.05) is 17.4 Å². The van der Waals surface area contributed by atoms with Crippen LogP contribution in [0.25, 0.3) is 0 Å².